The summed E-state index contributed by atoms with van der Waals surface area (Å²) in [4.78, 5) is 13.9. The normalized spacial score (nSPS) is 22.0. The van der Waals surface area contributed by atoms with Crippen molar-refractivity contribution in [3.63, 3.8) is 0 Å². The molecule has 1 saturated heterocycles. The van der Waals surface area contributed by atoms with Gasteiger partial charge in [0.1, 0.15) is 6.61 Å². The summed E-state index contributed by atoms with van der Waals surface area (Å²) >= 11 is 0. The first-order valence-corrected chi connectivity index (χ1v) is 7.57. The lowest BCUT2D eigenvalue weighted by atomic mass is 9.69. The molecule has 1 aliphatic heterocycles. The number of likely N-dealkylation sites (tertiary alicyclic amines) is 1. The second-order valence-corrected chi connectivity index (χ2v) is 5.78. The molecule has 2 aromatic carbocycles. The molecule has 2 atom stereocenters. The van der Waals surface area contributed by atoms with Gasteiger partial charge in [-0.1, -0.05) is 66.7 Å². The highest BCUT2D eigenvalue weighted by Gasteiger charge is 2.49. The van der Waals surface area contributed by atoms with Crippen molar-refractivity contribution in [2.45, 2.75) is 12.6 Å². The van der Waals surface area contributed by atoms with Gasteiger partial charge in [-0.25, -0.2) is 4.79 Å². The molecule has 0 aromatic heterocycles. The van der Waals surface area contributed by atoms with Crippen LogP contribution in [-0.2, 0) is 11.3 Å². The van der Waals surface area contributed by atoms with Crippen LogP contribution in [0.15, 0.2) is 66.7 Å². The molecule has 0 saturated carbocycles. The number of carbonyl (C=O) groups excluding carboxylic acids is 1. The maximum absolute atomic E-state index is 12.1. The van der Waals surface area contributed by atoms with Gasteiger partial charge in [0.2, 0.25) is 0 Å². The van der Waals surface area contributed by atoms with E-state index in [0.717, 1.165) is 12.1 Å². The zero-order valence-corrected chi connectivity index (χ0v) is 12.2. The lowest BCUT2D eigenvalue weighted by Gasteiger charge is -2.53. The van der Waals surface area contributed by atoms with Gasteiger partial charge < -0.3 is 9.64 Å². The summed E-state index contributed by atoms with van der Waals surface area (Å²) in [6, 6.07) is 20.4. The predicted octanol–water partition coefficient (Wildman–Crippen LogP) is 3.72. The Morgan fingerprint density at radius 1 is 1.05 bits per heavy atom. The lowest BCUT2D eigenvalue weighted by Crippen LogP contribution is -2.62. The third-order valence-corrected chi connectivity index (χ3v) is 4.46. The highest BCUT2D eigenvalue weighted by Crippen LogP contribution is 2.46. The molecule has 1 heterocycles. The number of rotatable bonds is 3. The van der Waals surface area contributed by atoms with Gasteiger partial charge in [0, 0.05) is 12.5 Å². The third-order valence-electron chi connectivity index (χ3n) is 4.46. The van der Waals surface area contributed by atoms with Gasteiger partial charge in [-0.05, 0) is 16.7 Å². The smallest absolute Gasteiger partial charge is 0.410 e. The maximum atomic E-state index is 12.1. The largest absolute Gasteiger partial charge is 0.445 e. The Kier molecular flexibility index (Phi) is 3.19. The molecule has 110 valence electrons. The van der Waals surface area contributed by atoms with E-state index in [0.29, 0.717) is 12.5 Å². The van der Waals surface area contributed by atoms with E-state index in [1.165, 1.54) is 11.1 Å². The third kappa shape index (κ3) is 2.19. The average molecular weight is 291 g/mol. The number of nitrogens with zero attached hydrogens (tertiary/aromatic N) is 1. The van der Waals surface area contributed by atoms with E-state index in [1.54, 1.807) is 4.90 Å². The monoisotopic (exact) mass is 291 g/mol. The van der Waals surface area contributed by atoms with E-state index in [4.69, 9.17) is 4.74 Å². The summed E-state index contributed by atoms with van der Waals surface area (Å²) < 4.78 is 5.38. The lowest BCUT2D eigenvalue weighted by molar-refractivity contribution is 0.0309. The minimum atomic E-state index is -0.214. The highest BCUT2D eigenvalue weighted by molar-refractivity contribution is 5.81. The first-order chi connectivity index (χ1) is 10.8. The van der Waals surface area contributed by atoms with Crippen molar-refractivity contribution < 1.29 is 9.53 Å². The summed E-state index contributed by atoms with van der Waals surface area (Å²) in [5.74, 6) is 0.478. The van der Waals surface area contributed by atoms with Crippen LogP contribution in [-0.4, -0.2) is 23.6 Å². The average Bonchev–Trinajstić information content (AvgIpc) is 2.56. The van der Waals surface area contributed by atoms with Gasteiger partial charge >= 0.3 is 6.09 Å². The zero-order chi connectivity index (χ0) is 14.9. The van der Waals surface area contributed by atoms with Crippen LogP contribution in [0, 0.1) is 5.92 Å². The molecule has 2 aromatic rings. The molecule has 1 amide bonds. The van der Waals surface area contributed by atoms with Crippen molar-refractivity contribution in [2.24, 2.45) is 5.92 Å². The first kappa shape index (κ1) is 13.1. The summed E-state index contributed by atoms with van der Waals surface area (Å²) in [6.45, 7) is 1.10. The topological polar surface area (TPSA) is 29.5 Å². The van der Waals surface area contributed by atoms with Gasteiger partial charge in [0.05, 0.1) is 6.04 Å². The van der Waals surface area contributed by atoms with Gasteiger partial charge in [-0.3, -0.25) is 0 Å². The van der Waals surface area contributed by atoms with Crippen molar-refractivity contribution in [3.05, 3.63) is 77.9 Å². The predicted molar refractivity (Wildman–Crippen MR) is 85.0 cm³/mol. The second-order valence-electron chi connectivity index (χ2n) is 5.78. The van der Waals surface area contributed by atoms with Crippen molar-refractivity contribution in [1.29, 1.82) is 0 Å². The molecule has 0 bridgehead atoms. The quantitative estimate of drug-likeness (QED) is 0.862. The molecular formula is C19H17NO2. The zero-order valence-electron chi connectivity index (χ0n) is 12.2. The summed E-state index contributed by atoms with van der Waals surface area (Å²) in [6.07, 6.45) is 1.96. The fourth-order valence-corrected chi connectivity index (χ4v) is 3.14. The van der Waals surface area contributed by atoms with Gasteiger partial charge in [-0.15, -0.1) is 0 Å². The fourth-order valence-electron chi connectivity index (χ4n) is 3.14. The number of fused-ring (bicyclic) bond motifs is 1. The van der Waals surface area contributed by atoms with Crippen molar-refractivity contribution in [3.8, 4) is 0 Å². The Labute approximate surface area is 129 Å². The van der Waals surface area contributed by atoms with Gasteiger partial charge in [0.25, 0.3) is 0 Å². The van der Waals surface area contributed by atoms with Crippen molar-refractivity contribution >= 4 is 11.7 Å². The fraction of sp³-hybridized carbons (Fsp3) is 0.211. The molecule has 0 radical (unpaired) electrons. The van der Waals surface area contributed by atoms with Crippen LogP contribution in [0.1, 0.15) is 11.1 Å². The van der Waals surface area contributed by atoms with Crippen LogP contribution in [0.3, 0.4) is 0 Å². The first-order valence-electron chi connectivity index (χ1n) is 7.57. The molecule has 0 N–H and O–H groups in total. The minimum absolute atomic E-state index is 0.214. The maximum Gasteiger partial charge on any atom is 0.410 e. The minimum Gasteiger partial charge on any atom is -0.445 e. The van der Waals surface area contributed by atoms with E-state index in [2.05, 4.69) is 18.2 Å². The number of benzene rings is 2. The van der Waals surface area contributed by atoms with Crippen LogP contribution in [0.4, 0.5) is 4.79 Å². The SMILES string of the molecule is O=C(OCc1ccccc1)N1C[C@@H]2C(c3ccccc3)=C[C@@H]21. The van der Waals surface area contributed by atoms with E-state index >= 15 is 0 Å². The van der Waals surface area contributed by atoms with Gasteiger partial charge in [0.15, 0.2) is 0 Å². The van der Waals surface area contributed by atoms with Crippen molar-refractivity contribution in [2.75, 3.05) is 6.54 Å². The number of ether oxygens (including phenoxy) is 1. The Morgan fingerprint density at radius 3 is 2.36 bits per heavy atom. The molecular weight excluding hydrogens is 274 g/mol. The Morgan fingerprint density at radius 2 is 1.73 bits per heavy atom. The molecule has 4 rings (SSSR count). The number of hydrogen-bond acceptors (Lipinski definition) is 2. The van der Waals surface area contributed by atoms with Crippen LogP contribution in [0.25, 0.3) is 5.57 Å². The van der Waals surface area contributed by atoms with Crippen LogP contribution in [0.2, 0.25) is 0 Å². The number of carbonyl (C=O) groups is 1. The van der Waals surface area contributed by atoms with E-state index in [-0.39, 0.29) is 12.1 Å². The Balaban J connectivity index is 1.35. The Hall–Kier alpha value is -2.55. The van der Waals surface area contributed by atoms with Crippen molar-refractivity contribution in [1.82, 2.24) is 4.90 Å². The second kappa shape index (κ2) is 5.34. The van der Waals surface area contributed by atoms with Crippen LogP contribution < -0.4 is 0 Å². The van der Waals surface area contributed by atoms with E-state index in [1.807, 2.05) is 48.5 Å². The van der Waals surface area contributed by atoms with E-state index in [9.17, 15) is 4.79 Å². The molecule has 0 spiro atoms. The summed E-state index contributed by atoms with van der Waals surface area (Å²) in [5.41, 5.74) is 3.64. The summed E-state index contributed by atoms with van der Waals surface area (Å²) in [7, 11) is 0. The van der Waals surface area contributed by atoms with Gasteiger partial charge in [-0.2, -0.15) is 0 Å². The number of hydrogen-bond donors (Lipinski definition) is 0. The molecule has 1 fully saturated rings. The van der Waals surface area contributed by atoms with Crippen LogP contribution in [0.5, 0.6) is 0 Å². The number of amides is 1. The molecule has 3 nitrogen and oxygen atoms in total. The van der Waals surface area contributed by atoms with Crippen LogP contribution >= 0.6 is 0 Å². The Bertz CT molecular complexity index is 709. The molecule has 3 heteroatoms. The summed E-state index contributed by atoms with van der Waals surface area (Å²) in [5, 5.41) is 0. The highest BCUT2D eigenvalue weighted by atomic mass is 16.6. The molecule has 0 unspecified atom stereocenters. The molecule has 2 aliphatic rings. The van der Waals surface area contributed by atoms with E-state index < -0.39 is 0 Å². The standard InChI is InChI=1S/C19H17NO2/c21-19(22-13-14-7-3-1-4-8-14)20-12-17-16(11-18(17)20)15-9-5-2-6-10-15/h1-11,17-18H,12-13H2/t17-,18+/m1/s1. The molecule has 1 aliphatic carbocycles. The molecule has 22 heavy (non-hydrogen) atoms.